The monoisotopic (exact) mass is 372 g/mol. The second-order valence-electron chi connectivity index (χ2n) is 9.88. The molecule has 0 aromatic heterocycles. The maximum absolute atomic E-state index is 13.2. The SMILES string of the molecule is CCN(CC)C(=O)[C@H]1CC[C@H]2[C@@H]3CC=C4NC(=O)CC[C@]4(C)[C@H]3CC[C@]12C. The van der Waals surface area contributed by atoms with Gasteiger partial charge in [-0.05, 0) is 75.5 Å². The third-order valence-corrected chi connectivity index (χ3v) is 8.98. The molecule has 4 aliphatic rings. The summed E-state index contributed by atoms with van der Waals surface area (Å²) in [6.07, 6.45) is 9.65. The van der Waals surface area contributed by atoms with Crippen LogP contribution in [0.25, 0.3) is 0 Å². The highest BCUT2D eigenvalue weighted by Crippen LogP contribution is 2.65. The van der Waals surface area contributed by atoms with Gasteiger partial charge >= 0.3 is 0 Å². The molecule has 0 bridgehead atoms. The van der Waals surface area contributed by atoms with Crippen LogP contribution in [0.1, 0.15) is 72.6 Å². The van der Waals surface area contributed by atoms with Crippen molar-refractivity contribution in [3.8, 4) is 0 Å². The van der Waals surface area contributed by atoms with Gasteiger partial charge in [-0.15, -0.1) is 0 Å². The summed E-state index contributed by atoms with van der Waals surface area (Å²) in [6.45, 7) is 10.6. The average Bonchev–Trinajstić information content (AvgIpc) is 3.00. The molecule has 0 aromatic rings. The normalized spacial score (nSPS) is 43.1. The zero-order valence-corrected chi connectivity index (χ0v) is 17.5. The number of piperidine rings is 1. The van der Waals surface area contributed by atoms with Gasteiger partial charge in [-0.3, -0.25) is 9.59 Å². The minimum absolute atomic E-state index is 0.124. The van der Waals surface area contributed by atoms with Gasteiger partial charge in [-0.25, -0.2) is 0 Å². The van der Waals surface area contributed by atoms with Gasteiger partial charge in [0.05, 0.1) is 0 Å². The van der Waals surface area contributed by atoms with E-state index in [0.29, 0.717) is 30.1 Å². The molecule has 1 saturated heterocycles. The zero-order chi connectivity index (χ0) is 19.4. The van der Waals surface area contributed by atoms with Gasteiger partial charge in [0.1, 0.15) is 0 Å². The molecule has 4 rings (SSSR count). The largest absolute Gasteiger partial charge is 0.343 e. The summed E-state index contributed by atoms with van der Waals surface area (Å²) in [5.74, 6) is 2.75. The van der Waals surface area contributed by atoms with Crippen LogP contribution in [-0.4, -0.2) is 29.8 Å². The highest BCUT2D eigenvalue weighted by atomic mass is 16.2. The van der Waals surface area contributed by atoms with Gasteiger partial charge < -0.3 is 10.2 Å². The van der Waals surface area contributed by atoms with Crippen LogP contribution in [0, 0.1) is 34.5 Å². The first-order valence-corrected chi connectivity index (χ1v) is 11.1. The third-order valence-electron chi connectivity index (χ3n) is 8.98. The standard InChI is InChI=1S/C23H36N2O2/c1-5-25(6-2)21(27)18-9-8-16-15-7-10-19-23(4,14-12-20(26)24-19)17(15)11-13-22(16,18)3/h10,15-18H,5-9,11-14H2,1-4H3,(H,24,26)/t15-,16-,17-,18+,22-,23+/m0/s1. The van der Waals surface area contributed by atoms with Crippen molar-refractivity contribution in [1.82, 2.24) is 10.2 Å². The summed E-state index contributed by atoms with van der Waals surface area (Å²) in [5, 5.41) is 3.18. The molecule has 27 heavy (non-hydrogen) atoms. The Morgan fingerprint density at radius 2 is 1.89 bits per heavy atom. The van der Waals surface area contributed by atoms with Crippen molar-refractivity contribution in [1.29, 1.82) is 0 Å². The van der Waals surface area contributed by atoms with Gasteiger partial charge in [0.25, 0.3) is 0 Å². The van der Waals surface area contributed by atoms with Gasteiger partial charge in [-0.2, -0.15) is 0 Å². The quantitative estimate of drug-likeness (QED) is 0.810. The first-order valence-electron chi connectivity index (χ1n) is 11.1. The molecule has 2 amide bonds. The molecule has 0 spiro atoms. The lowest BCUT2D eigenvalue weighted by Gasteiger charge is -2.57. The Labute approximate surface area is 164 Å². The number of carbonyl (C=O) groups excluding carboxylic acids is 2. The molecule has 0 unspecified atom stereocenters. The minimum atomic E-state index is 0.124. The van der Waals surface area contributed by atoms with E-state index in [1.807, 2.05) is 4.90 Å². The lowest BCUT2D eigenvalue weighted by Crippen LogP contribution is -2.54. The van der Waals surface area contributed by atoms with E-state index in [9.17, 15) is 9.59 Å². The first kappa shape index (κ1) is 19.0. The van der Waals surface area contributed by atoms with Crippen molar-refractivity contribution in [2.75, 3.05) is 13.1 Å². The van der Waals surface area contributed by atoms with Crippen LogP contribution in [0.4, 0.5) is 0 Å². The molecular weight excluding hydrogens is 336 g/mol. The van der Waals surface area contributed by atoms with E-state index in [4.69, 9.17) is 0 Å². The Kier molecular flexibility index (Phi) is 4.67. The molecular formula is C23H36N2O2. The van der Waals surface area contributed by atoms with Crippen LogP contribution < -0.4 is 5.32 Å². The maximum Gasteiger partial charge on any atom is 0.226 e. The molecule has 1 heterocycles. The Morgan fingerprint density at radius 1 is 1.15 bits per heavy atom. The van der Waals surface area contributed by atoms with Gasteiger partial charge in [0, 0.05) is 36.5 Å². The highest BCUT2D eigenvalue weighted by Gasteiger charge is 2.60. The molecule has 3 aliphatic carbocycles. The number of amides is 2. The van der Waals surface area contributed by atoms with Crippen molar-refractivity contribution < 1.29 is 9.59 Å². The Balaban J connectivity index is 1.61. The van der Waals surface area contributed by atoms with Crippen molar-refractivity contribution in [2.24, 2.45) is 34.5 Å². The fraction of sp³-hybridized carbons (Fsp3) is 0.826. The van der Waals surface area contributed by atoms with Gasteiger partial charge in [0.15, 0.2) is 0 Å². The van der Waals surface area contributed by atoms with Crippen molar-refractivity contribution in [3.05, 3.63) is 11.8 Å². The summed E-state index contributed by atoms with van der Waals surface area (Å²) in [6, 6.07) is 0. The summed E-state index contributed by atoms with van der Waals surface area (Å²) in [7, 11) is 0. The number of allylic oxidation sites excluding steroid dienone is 2. The number of fused-ring (bicyclic) bond motifs is 5. The molecule has 4 nitrogen and oxygen atoms in total. The number of hydrogen-bond acceptors (Lipinski definition) is 2. The van der Waals surface area contributed by atoms with Gasteiger partial charge in [0.2, 0.25) is 11.8 Å². The van der Waals surface area contributed by atoms with E-state index < -0.39 is 0 Å². The van der Waals surface area contributed by atoms with Crippen LogP contribution in [-0.2, 0) is 9.59 Å². The van der Waals surface area contributed by atoms with Crippen molar-refractivity contribution >= 4 is 11.8 Å². The fourth-order valence-corrected chi connectivity index (χ4v) is 7.36. The molecule has 0 aromatic carbocycles. The van der Waals surface area contributed by atoms with E-state index in [1.54, 1.807) is 0 Å². The second-order valence-corrected chi connectivity index (χ2v) is 9.88. The predicted molar refractivity (Wildman–Crippen MR) is 107 cm³/mol. The van der Waals surface area contributed by atoms with E-state index in [-0.39, 0.29) is 22.7 Å². The fourth-order valence-electron chi connectivity index (χ4n) is 7.36. The Morgan fingerprint density at radius 3 is 2.59 bits per heavy atom. The molecule has 3 fully saturated rings. The summed E-state index contributed by atoms with van der Waals surface area (Å²) >= 11 is 0. The topological polar surface area (TPSA) is 49.4 Å². The number of hydrogen-bond donors (Lipinski definition) is 1. The van der Waals surface area contributed by atoms with E-state index in [0.717, 1.165) is 38.8 Å². The first-order chi connectivity index (χ1) is 12.8. The van der Waals surface area contributed by atoms with Crippen LogP contribution in [0.2, 0.25) is 0 Å². The molecule has 1 aliphatic heterocycles. The lowest BCUT2D eigenvalue weighted by atomic mass is 9.49. The van der Waals surface area contributed by atoms with Crippen LogP contribution in [0.3, 0.4) is 0 Å². The number of nitrogens with one attached hydrogen (secondary N) is 1. The summed E-state index contributed by atoms with van der Waals surface area (Å²) < 4.78 is 0. The van der Waals surface area contributed by atoms with Crippen LogP contribution in [0.5, 0.6) is 0 Å². The maximum atomic E-state index is 13.2. The molecule has 1 N–H and O–H groups in total. The molecule has 0 radical (unpaired) electrons. The highest BCUT2D eigenvalue weighted by molar-refractivity contribution is 5.80. The molecule has 4 heteroatoms. The average molecular weight is 373 g/mol. The third kappa shape index (κ3) is 2.69. The second kappa shape index (κ2) is 6.63. The van der Waals surface area contributed by atoms with Gasteiger partial charge in [-0.1, -0.05) is 19.9 Å². The Hall–Kier alpha value is -1.32. The van der Waals surface area contributed by atoms with E-state index in [2.05, 4.69) is 39.1 Å². The number of rotatable bonds is 3. The van der Waals surface area contributed by atoms with E-state index in [1.165, 1.54) is 18.5 Å². The molecule has 6 atom stereocenters. The zero-order valence-electron chi connectivity index (χ0n) is 17.5. The number of carbonyl (C=O) groups is 2. The predicted octanol–water partition coefficient (Wildman–Crippen LogP) is 4.12. The lowest BCUT2D eigenvalue weighted by molar-refractivity contribution is -0.142. The van der Waals surface area contributed by atoms with Crippen molar-refractivity contribution in [2.45, 2.75) is 72.6 Å². The van der Waals surface area contributed by atoms with Crippen LogP contribution >= 0.6 is 0 Å². The molecule has 150 valence electrons. The smallest absolute Gasteiger partial charge is 0.226 e. The Bertz CT molecular complexity index is 667. The van der Waals surface area contributed by atoms with Crippen molar-refractivity contribution in [3.63, 3.8) is 0 Å². The van der Waals surface area contributed by atoms with E-state index >= 15 is 0 Å². The minimum Gasteiger partial charge on any atom is -0.343 e. The molecule has 2 saturated carbocycles. The summed E-state index contributed by atoms with van der Waals surface area (Å²) in [5.41, 5.74) is 1.47. The van der Waals surface area contributed by atoms with Crippen LogP contribution in [0.15, 0.2) is 11.8 Å². The summed E-state index contributed by atoms with van der Waals surface area (Å²) in [4.78, 5) is 27.2. The number of nitrogens with zero attached hydrogens (tertiary/aromatic N) is 1.